The highest BCUT2D eigenvalue weighted by molar-refractivity contribution is 6.49. The molecule has 0 spiro atoms. The minimum absolute atomic E-state index is 0.213. The van der Waals surface area contributed by atoms with E-state index in [9.17, 15) is 9.59 Å². The number of rotatable bonds is 16. The number of hydrogen-bond acceptors (Lipinski definition) is 5. The van der Waals surface area contributed by atoms with Gasteiger partial charge < -0.3 is 9.57 Å². The molecule has 0 heterocycles. The van der Waals surface area contributed by atoms with E-state index in [1.807, 2.05) is 24.3 Å². The first-order valence-electron chi connectivity index (χ1n) is 17.4. The Hall–Kier alpha value is -4.42. The van der Waals surface area contributed by atoms with E-state index in [0.29, 0.717) is 12.2 Å². The monoisotopic (exact) mass is 645 g/mol. The van der Waals surface area contributed by atoms with Crippen LogP contribution < -0.4 is 0 Å². The maximum atomic E-state index is 15.0. The lowest BCUT2D eigenvalue weighted by Gasteiger charge is -2.33. The van der Waals surface area contributed by atoms with Crippen LogP contribution in [0.5, 0.6) is 0 Å². The van der Waals surface area contributed by atoms with E-state index in [2.05, 4.69) is 59.8 Å². The van der Waals surface area contributed by atoms with Gasteiger partial charge in [0.1, 0.15) is 18.1 Å². The molecule has 5 nitrogen and oxygen atoms in total. The van der Waals surface area contributed by atoms with Gasteiger partial charge in [0.2, 0.25) is 5.78 Å². The molecular formula is C42H44FNO4. The summed E-state index contributed by atoms with van der Waals surface area (Å²) in [7, 11) is 0. The smallest absolute Gasteiger partial charge is 0.360 e. The van der Waals surface area contributed by atoms with E-state index >= 15 is 4.39 Å². The molecule has 6 rings (SSSR count). The molecule has 0 amide bonds. The molecule has 0 bridgehead atoms. The van der Waals surface area contributed by atoms with E-state index in [1.54, 1.807) is 19.1 Å². The van der Waals surface area contributed by atoms with Crippen LogP contribution in [0.2, 0.25) is 0 Å². The molecule has 0 aromatic heterocycles. The van der Waals surface area contributed by atoms with Crippen LogP contribution >= 0.6 is 0 Å². The second-order valence-corrected chi connectivity index (χ2v) is 13.1. The minimum atomic E-state index is -0.634. The van der Waals surface area contributed by atoms with E-state index in [1.165, 1.54) is 11.1 Å². The van der Waals surface area contributed by atoms with Gasteiger partial charge in [0.05, 0.1) is 0 Å². The third-order valence-corrected chi connectivity index (χ3v) is 9.92. The molecule has 48 heavy (non-hydrogen) atoms. The molecule has 248 valence electrons. The first-order chi connectivity index (χ1) is 23.5. The molecule has 4 aromatic carbocycles. The second kappa shape index (κ2) is 15.7. The molecule has 0 unspecified atom stereocenters. The average Bonchev–Trinajstić information content (AvgIpc) is 3.55. The molecule has 0 aliphatic heterocycles. The van der Waals surface area contributed by atoms with Gasteiger partial charge in [-0.05, 0) is 109 Å². The number of carbonyl (C=O) groups excluding carboxylic acids is 2. The molecule has 4 aromatic rings. The third kappa shape index (κ3) is 7.50. The van der Waals surface area contributed by atoms with E-state index in [-0.39, 0.29) is 30.3 Å². The number of unbranched alkanes of at least 4 members (excludes halogenated alkanes) is 4. The highest BCUT2D eigenvalue weighted by Gasteiger charge is 2.44. The van der Waals surface area contributed by atoms with Crippen molar-refractivity contribution in [3.8, 4) is 11.1 Å². The molecular weight excluding hydrogens is 601 g/mol. The van der Waals surface area contributed by atoms with Gasteiger partial charge >= 0.3 is 5.97 Å². The second-order valence-electron chi connectivity index (χ2n) is 13.1. The van der Waals surface area contributed by atoms with E-state index in [4.69, 9.17) is 9.57 Å². The Kier molecular flexibility index (Phi) is 10.9. The molecule has 2 aliphatic rings. The van der Waals surface area contributed by atoms with Gasteiger partial charge in [-0.3, -0.25) is 4.79 Å². The molecule has 0 saturated heterocycles. The van der Waals surface area contributed by atoms with Crippen LogP contribution in [0, 0.1) is 5.82 Å². The number of nitrogens with zero attached hydrogens (tertiary/aromatic N) is 1. The van der Waals surface area contributed by atoms with Crippen molar-refractivity contribution in [2.24, 2.45) is 5.16 Å². The lowest BCUT2D eigenvalue weighted by Crippen LogP contribution is -2.26. The molecule has 6 heteroatoms. The lowest BCUT2D eigenvalue weighted by molar-refractivity contribution is -0.148. The van der Waals surface area contributed by atoms with Gasteiger partial charge in [-0.1, -0.05) is 97.6 Å². The van der Waals surface area contributed by atoms with Crippen LogP contribution in [0.3, 0.4) is 0 Å². The number of ketones is 1. The minimum Gasteiger partial charge on any atom is -0.370 e. The Bertz CT molecular complexity index is 1720. The summed E-state index contributed by atoms with van der Waals surface area (Å²) in [5, 5.41) is 3.95. The van der Waals surface area contributed by atoms with Crippen molar-refractivity contribution in [1.29, 1.82) is 0 Å². The predicted octanol–water partition coefficient (Wildman–Crippen LogP) is 9.37. The van der Waals surface area contributed by atoms with Gasteiger partial charge in [0.15, 0.2) is 0 Å². The van der Waals surface area contributed by atoms with Gasteiger partial charge in [0, 0.05) is 24.0 Å². The molecule has 0 fully saturated rings. The number of fused-ring (bicyclic) bond motifs is 4. The largest absolute Gasteiger partial charge is 0.370 e. The normalized spacial score (nSPS) is 15.0. The molecule has 0 atom stereocenters. The summed E-state index contributed by atoms with van der Waals surface area (Å²) in [6.07, 6.45) is 10.4. The molecule has 2 aliphatic carbocycles. The third-order valence-electron chi connectivity index (χ3n) is 9.92. The standard InChI is InChI=1S/C42H44FNO4/c1-2-47-29-40(45)48-44-39-26-32-25-36-34-22-21-33(43)27-37(34)42(38(36)28-35(32)41(39)46,23-13-5-11-19-30-15-7-3-8-16-30)24-14-6-12-20-31-17-9-4-10-18-31/h3-4,7-10,15-18,21-22,25,27-28H,2,5-6,11-14,19-20,23-24,26,29H2,1H3/b44-39+. The van der Waals surface area contributed by atoms with Gasteiger partial charge in [0.25, 0.3) is 0 Å². The van der Waals surface area contributed by atoms with Crippen LogP contribution in [0.1, 0.15) is 96.5 Å². The summed E-state index contributed by atoms with van der Waals surface area (Å²) in [6.45, 7) is 1.96. The number of aryl methyl sites for hydroxylation is 2. The fourth-order valence-electron chi connectivity index (χ4n) is 7.54. The quantitative estimate of drug-likeness (QED) is 0.0692. The summed E-state index contributed by atoms with van der Waals surface area (Å²) in [6, 6.07) is 30.5. The first kappa shape index (κ1) is 33.5. The maximum Gasteiger partial charge on any atom is 0.360 e. The summed E-state index contributed by atoms with van der Waals surface area (Å²) in [4.78, 5) is 30.6. The molecule has 0 N–H and O–H groups in total. The number of benzene rings is 4. The highest BCUT2D eigenvalue weighted by Crippen LogP contribution is 2.55. The van der Waals surface area contributed by atoms with Gasteiger partial charge in [-0.15, -0.1) is 0 Å². The number of carbonyl (C=O) groups is 2. The topological polar surface area (TPSA) is 65.0 Å². The summed E-state index contributed by atoms with van der Waals surface area (Å²) < 4.78 is 20.1. The fraction of sp³-hybridized carbons (Fsp3) is 0.357. The summed E-state index contributed by atoms with van der Waals surface area (Å²) >= 11 is 0. The van der Waals surface area contributed by atoms with E-state index < -0.39 is 11.4 Å². The first-order valence-corrected chi connectivity index (χ1v) is 17.4. The number of oxime groups is 1. The zero-order chi connectivity index (χ0) is 33.3. The van der Waals surface area contributed by atoms with Crippen LogP contribution in [-0.4, -0.2) is 30.7 Å². The van der Waals surface area contributed by atoms with Crippen LogP contribution in [0.25, 0.3) is 11.1 Å². The van der Waals surface area contributed by atoms with Gasteiger partial charge in [-0.2, -0.15) is 0 Å². The van der Waals surface area contributed by atoms with Crippen molar-refractivity contribution >= 4 is 17.5 Å². The summed E-state index contributed by atoms with van der Waals surface area (Å²) in [5.41, 5.74) is 8.22. The lowest BCUT2D eigenvalue weighted by atomic mass is 9.70. The average molecular weight is 646 g/mol. The van der Waals surface area contributed by atoms with Crippen LogP contribution in [-0.2, 0) is 39.0 Å². The van der Waals surface area contributed by atoms with Gasteiger partial charge in [-0.25, -0.2) is 9.18 Å². The molecule has 0 saturated carbocycles. The van der Waals surface area contributed by atoms with Crippen molar-refractivity contribution in [2.75, 3.05) is 13.2 Å². The van der Waals surface area contributed by atoms with Crippen molar-refractivity contribution in [1.82, 2.24) is 0 Å². The Morgan fingerprint density at radius 3 is 2.00 bits per heavy atom. The number of hydrogen-bond donors (Lipinski definition) is 0. The zero-order valence-corrected chi connectivity index (χ0v) is 27.8. The molecule has 0 radical (unpaired) electrons. The van der Waals surface area contributed by atoms with Crippen LogP contribution in [0.4, 0.5) is 4.39 Å². The van der Waals surface area contributed by atoms with Crippen molar-refractivity contribution in [3.05, 3.63) is 130 Å². The SMILES string of the molecule is CCOCC(=O)O/N=C1\Cc2cc3c(cc2C1=O)C(CCCCCc1ccccc1)(CCCCCc1ccccc1)c1cc(F)ccc1-3. The van der Waals surface area contributed by atoms with Crippen molar-refractivity contribution in [3.63, 3.8) is 0 Å². The number of ether oxygens (including phenoxy) is 1. The van der Waals surface area contributed by atoms with Crippen LogP contribution in [0.15, 0.2) is 96.2 Å². The predicted molar refractivity (Wildman–Crippen MR) is 188 cm³/mol. The number of halogens is 1. The highest BCUT2D eigenvalue weighted by atomic mass is 19.1. The zero-order valence-electron chi connectivity index (χ0n) is 27.8. The van der Waals surface area contributed by atoms with E-state index in [0.717, 1.165) is 92.0 Å². The Morgan fingerprint density at radius 2 is 1.38 bits per heavy atom. The van der Waals surface area contributed by atoms with Crippen molar-refractivity contribution < 1.29 is 23.6 Å². The Morgan fingerprint density at radius 1 is 0.750 bits per heavy atom. The maximum absolute atomic E-state index is 15.0. The van der Waals surface area contributed by atoms with Crippen molar-refractivity contribution in [2.45, 2.75) is 83.0 Å². The Balaban J connectivity index is 1.27. The number of Topliss-reactive ketones (excluding diaryl/α,β-unsaturated/α-hetero) is 1. The Labute approximate surface area is 283 Å². The summed E-state index contributed by atoms with van der Waals surface area (Å²) in [5.74, 6) is -1.09. The fourth-order valence-corrected chi connectivity index (χ4v) is 7.54.